The minimum atomic E-state index is -4.95. The van der Waals surface area contributed by atoms with Gasteiger partial charge in [0.15, 0.2) is 0 Å². The average Bonchev–Trinajstić information content (AvgIpc) is 2.69. The summed E-state index contributed by atoms with van der Waals surface area (Å²) in [6, 6.07) is 6.29. The summed E-state index contributed by atoms with van der Waals surface area (Å²) in [4.78, 5) is 27.0. The summed E-state index contributed by atoms with van der Waals surface area (Å²) in [5, 5.41) is 0. The summed E-state index contributed by atoms with van der Waals surface area (Å²) in [5.41, 5.74) is 0.613. The van der Waals surface area contributed by atoms with Crippen molar-refractivity contribution in [3.8, 4) is 0 Å². The Labute approximate surface area is 110 Å². The molecule has 0 radical (unpaired) electrons. The Hall–Kier alpha value is -0.740. The Bertz CT molecular complexity index is 619. The van der Waals surface area contributed by atoms with E-state index in [1.165, 1.54) is 19.1 Å². The van der Waals surface area contributed by atoms with Crippen LogP contribution < -0.4 is 0 Å². The van der Waals surface area contributed by atoms with Crippen molar-refractivity contribution in [2.24, 2.45) is 0 Å². The minimum absolute atomic E-state index is 0.114. The van der Waals surface area contributed by atoms with Crippen LogP contribution in [0.1, 0.15) is 18.1 Å². The van der Waals surface area contributed by atoms with E-state index < -0.39 is 20.1 Å². The lowest BCUT2D eigenvalue weighted by molar-refractivity contribution is 0.256. The quantitative estimate of drug-likeness (QED) is 0.737. The Morgan fingerprint density at radius 3 is 2.42 bits per heavy atom. The summed E-state index contributed by atoms with van der Waals surface area (Å²) in [7, 11) is -9.53. The van der Waals surface area contributed by atoms with Crippen molar-refractivity contribution in [3.05, 3.63) is 41.5 Å². The van der Waals surface area contributed by atoms with E-state index in [1.54, 1.807) is 18.2 Å². The average molecular weight is 304 g/mol. The molecule has 0 heterocycles. The van der Waals surface area contributed by atoms with Crippen LogP contribution in [0.4, 0.5) is 0 Å². The van der Waals surface area contributed by atoms with Crippen molar-refractivity contribution < 1.29 is 28.3 Å². The van der Waals surface area contributed by atoms with Gasteiger partial charge in [0.2, 0.25) is 4.90 Å². The highest BCUT2D eigenvalue weighted by atomic mass is 31.2. The molecule has 0 saturated heterocycles. The molecule has 0 aliphatic heterocycles. The molecule has 2 atom stereocenters. The maximum atomic E-state index is 12.3. The molecule has 104 valence electrons. The number of hydrogen-bond donors (Lipinski definition) is 3. The standard InChI is InChI=1S/C11H14O6P2/c1-2-17-19(15,16)11(18(12,13)14)8-7-9-5-3-4-6-10(9)11/h3-8H,2H2,1H3,(H,15,16)(H2,12,13,14). The van der Waals surface area contributed by atoms with Crippen LogP contribution in [0.15, 0.2) is 30.3 Å². The molecule has 8 heteroatoms. The topological polar surface area (TPSA) is 104 Å². The van der Waals surface area contributed by atoms with E-state index in [-0.39, 0.29) is 12.2 Å². The van der Waals surface area contributed by atoms with E-state index in [2.05, 4.69) is 0 Å². The van der Waals surface area contributed by atoms with Crippen molar-refractivity contribution in [3.63, 3.8) is 0 Å². The van der Waals surface area contributed by atoms with Gasteiger partial charge in [-0.15, -0.1) is 0 Å². The number of benzene rings is 1. The van der Waals surface area contributed by atoms with Crippen LogP contribution >= 0.6 is 15.2 Å². The van der Waals surface area contributed by atoms with Crippen LogP contribution in [0.3, 0.4) is 0 Å². The first kappa shape index (κ1) is 14.7. The van der Waals surface area contributed by atoms with Gasteiger partial charge in [0.1, 0.15) is 0 Å². The van der Waals surface area contributed by atoms with Crippen molar-refractivity contribution in [2.75, 3.05) is 6.61 Å². The van der Waals surface area contributed by atoms with Gasteiger partial charge in [0.05, 0.1) is 6.61 Å². The fourth-order valence-electron chi connectivity index (χ4n) is 2.21. The molecule has 2 unspecified atom stereocenters. The first-order valence-electron chi connectivity index (χ1n) is 5.58. The molecule has 0 aromatic heterocycles. The fourth-order valence-corrected chi connectivity index (χ4v) is 5.81. The van der Waals surface area contributed by atoms with Crippen LogP contribution in [0.5, 0.6) is 0 Å². The lowest BCUT2D eigenvalue weighted by atomic mass is 10.1. The molecule has 2 rings (SSSR count). The Kier molecular flexibility index (Phi) is 3.60. The van der Waals surface area contributed by atoms with Gasteiger partial charge in [-0.25, -0.2) is 0 Å². The maximum absolute atomic E-state index is 12.3. The summed E-state index contributed by atoms with van der Waals surface area (Å²) in [6.45, 7) is 1.37. The van der Waals surface area contributed by atoms with Crippen LogP contribution in [0, 0.1) is 0 Å². The SMILES string of the molecule is CCOP(=O)(O)C1(P(=O)(O)O)C=Cc2ccccc21. The third-order valence-corrected chi connectivity index (χ3v) is 7.71. The van der Waals surface area contributed by atoms with E-state index >= 15 is 0 Å². The maximum Gasteiger partial charge on any atom is 0.354 e. The van der Waals surface area contributed by atoms with Crippen molar-refractivity contribution in [1.82, 2.24) is 0 Å². The molecule has 0 spiro atoms. The van der Waals surface area contributed by atoms with Crippen molar-refractivity contribution >= 4 is 21.3 Å². The number of allylic oxidation sites excluding steroid dienone is 1. The van der Waals surface area contributed by atoms with Crippen molar-refractivity contribution in [1.29, 1.82) is 0 Å². The van der Waals surface area contributed by atoms with E-state index in [0.717, 1.165) is 6.08 Å². The number of fused-ring (bicyclic) bond motifs is 1. The van der Waals surface area contributed by atoms with Crippen LogP contribution in [-0.4, -0.2) is 21.3 Å². The van der Waals surface area contributed by atoms with Gasteiger partial charge in [-0.2, -0.15) is 0 Å². The zero-order chi connectivity index (χ0) is 14.3. The molecule has 19 heavy (non-hydrogen) atoms. The van der Waals surface area contributed by atoms with E-state index in [1.807, 2.05) is 0 Å². The smallest absolute Gasteiger partial charge is 0.323 e. The number of hydrogen-bond acceptors (Lipinski definition) is 3. The second-order valence-corrected chi connectivity index (χ2v) is 8.28. The molecule has 0 fully saturated rings. The predicted molar refractivity (Wildman–Crippen MR) is 70.6 cm³/mol. The first-order valence-corrected chi connectivity index (χ1v) is 8.77. The summed E-state index contributed by atoms with van der Waals surface area (Å²) in [5.74, 6) is 0. The van der Waals surface area contributed by atoms with Gasteiger partial charge >= 0.3 is 15.2 Å². The van der Waals surface area contributed by atoms with Crippen molar-refractivity contribution in [2.45, 2.75) is 11.8 Å². The number of rotatable bonds is 4. The fraction of sp³-hybridized carbons (Fsp3) is 0.273. The molecular weight excluding hydrogens is 290 g/mol. The Morgan fingerprint density at radius 1 is 1.21 bits per heavy atom. The summed E-state index contributed by atoms with van der Waals surface area (Å²) < 4.78 is 29.0. The zero-order valence-electron chi connectivity index (χ0n) is 10.1. The molecule has 0 bridgehead atoms. The first-order chi connectivity index (χ1) is 8.76. The molecule has 0 amide bonds. The molecule has 1 aliphatic rings. The van der Waals surface area contributed by atoms with E-state index in [0.29, 0.717) is 5.56 Å². The van der Waals surface area contributed by atoms with Gasteiger partial charge in [-0.3, -0.25) is 9.13 Å². The Balaban J connectivity index is 2.75. The summed E-state index contributed by atoms with van der Waals surface area (Å²) >= 11 is 0. The molecule has 1 aromatic carbocycles. The van der Waals surface area contributed by atoms with Gasteiger partial charge < -0.3 is 19.2 Å². The largest absolute Gasteiger partial charge is 0.354 e. The van der Waals surface area contributed by atoms with Crippen LogP contribution in [0.25, 0.3) is 6.08 Å². The molecular formula is C11H14O6P2. The molecule has 3 N–H and O–H groups in total. The highest BCUT2D eigenvalue weighted by Gasteiger charge is 2.63. The zero-order valence-corrected chi connectivity index (χ0v) is 11.9. The minimum Gasteiger partial charge on any atom is -0.323 e. The highest BCUT2D eigenvalue weighted by Crippen LogP contribution is 2.79. The van der Waals surface area contributed by atoms with E-state index in [9.17, 15) is 23.8 Å². The Morgan fingerprint density at radius 2 is 1.84 bits per heavy atom. The highest BCUT2D eigenvalue weighted by molar-refractivity contribution is 7.72. The third-order valence-electron chi connectivity index (χ3n) is 3.03. The van der Waals surface area contributed by atoms with Crippen LogP contribution in [0.2, 0.25) is 0 Å². The summed E-state index contributed by atoms with van der Waals surface area (Å²) in [6.07, 6.45) is 2.51. The lowest BCUT2D eigenvalue weighted by Gasteiger charge is -2.32. The molecule has 1 aliphatic carbocycles. The molecule has 0 saturated carbocycles. The second kappa shape index (κ2) is 4.67. The van der Waals surface area contributed by atoms with Gasteiger partial charge in [-0.1, -0.05) is 30.3 Å². The van der Waals surface area contributed by atoms with Gasteiger partial charge in [0, 0.05) is 0 Å². The second-order valence-electron chi connectivity index (χ2n) is 4.13. The van der Waals surface area contributed by atoms with Gasteiger partial charge in [-0.05, 0) is 24.1 Å². The monoisotopic (exact) mass is 304 g/mol. The predicted octanol–water partition coefficient (Wildman–Crippen LogP) is 2.27. The third kappa shape index (κ3) is 2.05. The normalized spacial score (nSPS) is 25.1. The lowest BCUT2D eigenvalue weighted by Crippen LogP contribution is -2.23. The van der Waals surface area contributed by atoms with Crippen LogP contribution in [-0.2, 0) is 18.6 Å². The van der Waals surface area contributed by atoms with Gasteiger partial charge in [0.25, 0.3) is 0 Å². The molecule has 1 aromatic rings. The molecule has 6 nitrogen and oxygen atoms in total. The van der Waals surface area contributed by atoms with E-state index in [4.69, 9.17) is 4.52 Å².